The molecule has 2 nitrogen and oxygen atoms in total. The zero-order chi connectivity index (χ0) is 15.2. The fraction of sp³-hybridized carbons (Fsp3) is 0.235. The van der Waals surface area contributed by atoms with Gasteiger partial charge in [-0.2, -0.15) is 0 Å². The van der Waals surface area contributed by atoms with Crippen molar-refractivity contribution in [3.05, 3.63) is 63.9 Å². The number of benzene rings is 2. The van der Waals surface area contributed by atoms with Gasteiger partial charge in [0.25, 0.3) is 0 Å². The number of ketones is 1. The van der Waals surface area contributed by atoms with Crippen molar-refractivity contribution in [3.63, 3.8) is 0 Å². The molecule has 0 aliphatic heterocycles. The van der Waals surface area contributed by atoms with Crippen molar-refractivity contribution >= 4 is 21.7 Å². The van der Waals surface area contributed by atoms with Gasteiger partial charge in [0.2, 0.25) is 0 Å². The number of Topliss-reactive ketones (excluding diaryl/α,β-unsaturated/α-hetero) is 1. The van der Waals surface area contributed by atoms with Gasteiger partial charge in [0.15, 0.2) is 5.78 Å². The summed E-state index contributed by atoms with van der Waals surface area (Å²) in [5.74, 6) is 0.422. The van der Waals surface area contributed by atoms with Gasteiger partial charge >= 0.3 is 0 Å². The van der Waals surface area contributed by atoms with Crippen LogP contribution in [0.4, 0.5) is 4.39 Å². The third-order valence-electron chi connectivity index (χ3n) is 2.99. The van der Waals surface area contributed by atoms with Crippen molar-refractivity contribution in [2.45, 2.75) is 19.8 Å². The van der Waals surface area contributed by atoms with Gasteiger partial charge in [0.1, 0.15) is 11.6 Å². The molecule has 0 saturated heterocycles. The zero-order valence-electron chi connectivity index (χ0n) is 11.7. The van der Waals surface area contributed by atoms with E-state index in [1.807, 2.05) is 6.92 Å². The van der Waals surface area contributed by atoms with Crippen LogP contribution in [0.15, 0.2) is 46.9 Å². The molecule has 110 valence electrons. The van der Waals surface area contributed by atoms with Crippen molar-refractivity contribution in [2.75, 3.05) is 6.61 Å². The van der Waals surface area contributed by atoms with Gasteiger partial charge < -0.3 is 4.74 Å². The molecule has 0 heterocycles. The highest BCUT2D eigenvalue weighted by Crippen LogP contribution is 2.26. The average Bonchev–Trinajstić information content (AvgIpc) is 2.48. The maximum atomic E-state index is 12.8. The summed E-state index contributed by atoms with van der Waals surface area (Å²) in [6.07, 6.45) is 1.18. The largest absolute Gasteiger partial charge is 0.492 e. The van der Waals surface area contributed by atoms with E-state index in [0.29, 0.717) is 12.2 Å². The Hall–Kier alpha value is -1.68. The van der Waals surface area contributed by atoms with Crippen molar-refractivity contribution in [1.82, 2.24) is 0 Å². The fourth-order valence-electron chi connectivity index (χ4n) is 1.89. The van der Waals surface area contributed by atoms with Crippen LogP contribution >= 0.6 is 15.9 Å². The van der Waals surface area contributed by atoms with Crippen LogP contribution in [0.2, 0.25) is 0 Å². The number of halogens is 2. The van der Waals surface area contributed by atoms with Crippen LogP contribution in [0.3, 0.4) is 0 Å². The van der Waals surface area contributed by atoms with Crippen LogP contribution < -0.4 is 4.74 Å². The Morgan fingerprint density at radius 1 is 1.19 bits per heavy atom. The first kappa shape index (κ1) is 15.7. The van der Waals surface area contributed by atoms with Crippen LogP contribution in [-0.2, 0) is 6.42 Å². The average molecular weight is 351 g/mol. The lowest BCUT2D eigenvalue weighted by molar-refractivity contribution is 0.0993. The highest BCUT2D eigenvalue weighted by Gasteiger charge is 2.10. The molecule has 0 spiro atoms. The van der Waals surface area contributed by atoms with Crippen molar-refractivity contribution in [3.8, 4) is 5.75 Å². The standard InChI is InChI=1S/C17H16BrFO2/c1-2-9-21-17-8-5-13(11-15(17)18)16(20)10-12-3-6-14(19)7-4-12/h3-8,11H,2,9-10H2,1H3. The molecule has 0 radical (unpaired) electrons. The molecule has 0 bridgehead atoms. The molecule has 0 aliphatic rings. The second kappa shape index (κ2) is 7.36. The lowest BCUT2D eigenvalue weighted by atomic mass is 10.0. The molecular formula is C17H16BrFO2. The highest BCUT2D eigenvalue weighted by atomic mass is 79.9. The number of carbonyl (C=O) groups excluding carboxylic acids is 1. The Labute approximate surface area is 132 Å². The molecule has 2 aromatic rings. The minimum atomic E-state index is -0.300. The van der Waals surface area contributed by atoms with Crippen LogP contribution in [-0.4, -0.2) is 12.4 Å². The maximum absolute atomic E-state index is 12.8. The van der Waals surface area contributed by atoms with Gasteiger partial charge in [0.05, 0.1) is 11.1 Å². The van der Waals surface area contributed by atoms with Crippen LogP contribution in [0.1, 0.15) is 29.3 Å². The molecule has 0 saturated carbocycles. The Bertz CT molecular complexity index is 623. The van der Waals surface area contributed by atoms with Gasteiger partial charge in [-0.1, -0.05) is 19.1 Å². The Morgan fingerprint density at radius 3 is 2.52 bits per heavy atom. The summed E-state index contributed by atoms with van der Waals surface area (Å²) >= 11 is 3.41. The van der Waals surface area contributed by atoms with Crippen LogP contribution in [0.25, 0.3) is 0 Å². The minimum Gasteiger partial charge on any atom is -0.492 e. The van der Waals surface area contributed by atoms with Gasteiger partial charge in [-0.25, -0.2) is 4.39 Å². The molecule has 21 heavy (non-hydrogen) atoms. The summed E-state index contributed by atoms with van der Waals surface area (Å²) in [6.45, 7) is 2.68. The molecule has 0 aromatic heterocycles. The molecule has 0 fully saturated rings. The van der Waals surface area contributed by atoms with Gasteiger partial charge in [0, 0.05) is 12.0 Å². The monoisotopic (exact) mass is 350 g/mol. The number of hydrogen-bond donors (Lipinski definition) is 0. The molecule has 0 aliphatic carbocycles. The molecule has 0 unspecified atom stereocenters. The molecule has 0 amide bonds. The van der Waals surface area contributed by atoms with E-state index in [9.17, 15) is 9.18 Å². The van der Waals surface area contributed by atoms with E-state index in [0.717, 1.165) is 22.2 Å². The Kier molecular flexibility index (Phi) is 5.51. The summed E-state index contributed by atoms with van der Waals surface area (Å²) in [6, 6.07) is 11.3. The van der Waals surface area contributed by atoms with Gasteiger partial charge in [-0.3, -0.25) is 4.79 Å². The van der Waals surface area contributed by atoms with E-state index in [4.69, 9.17) is 4.74 Å². The highest BCUT2D eigenvalue weighted by molar-refractivity contribution is 9.10. The Morgan fingerprint density at radius 2 is 1.90 bits per heavy atom. The quantitative estimate of drug-likeness (QED) is 0.699. The SMILES string of the molecule is CCCOc1ccc(C(=O)Cc2ccc(F)cc2)cc1Br. The normalized spacial score (nSPS) is 10.4. The first-order chi connectivity index (χ1) is 10.1. The number of carbonyl (C=O) groups is 1. The minimum absolute atomic E-state index is 0.00986. The summed E-state index contributed by atoms with van der Waals surface area (Å²) in [5, 5.41) is 0. The van der Waals surface area contributed by atoms with E-state index in [1.165, 1.54) is 12.1 Å². The van der Waals surface area contributed by atoms with Crippen LogP contribution in [0.5, 0.6) is 5.75 Å². The predicted octanol–water partition coefficient (Wildman–Crippen LogP) is 4.80. The zero-order valence-corrected chi connectivity index (χ0v) is 13.3. The summed E-state index contributed by atoms with van der Waals surface area (Å²) in [5.41, 5.74) is 1.40. The number of rotatable bonds is 6. The number of ether oxygens (including phenoxy) is 1. The van der Waals surface area contributed by atoms with E-state index in [2.05, 4.69) is 15.9 Å². The third-order valence-corrected chi connectivity index (χ3v) is 3.61. The molecule has 2 aromatic carbocycles. The maximum Gasteiger partial charge on any atom is 0.167 e. The van der Waals surface area contributed by atoms with E-state index in [1.54, 1.807) is 30.3 Å². The Balaban J connectivity index is 2.08. The van der Waals surface area contributed by atoms with Crippen molar-refractivity contribution in [1.29, 1.82) is 0 Å². The molecule has 2 rings (SSSR count). The number of hydrogen-bond acceptors (Lipinski definition) is 2. The van der Waals surface area contributed by atoms with E-state index in [-0.39, 0.29) is 18.0 Å². The summed E-state index contributed by atoms with van der Waals surface area (Å²) in [7, 11) is 0. The molecule has 0 N–H and O–H groups in total. The topological polar surface area (TPSA) is 26.3 Å². The summed E-state index contributed by atoms with van der Waals surface area (Å²) < 4.78 is 19.2. The molecule has 4 heteroatoms. The van der Waals surface area contributed by atoms with Crippen molar-refractivity contribution in [2.24, 2.45) is 0 Å². The fourth-order valence-corrected chi connectivity index (χ4v) is 2.39. The summed E-state index contributed by atoms with van der Waals surface area (Å²) in [4.78, 5) is 12.2. The van der Waals surface area contributed by atoms with Crippen LogP contribution in [0, 0.1) is 5.82 Å². The second-order valence-electron chi connectivity index (χ2n) is 4.72. The van der Waals surface area contributed by atoms with Gasteiger partial charge in [-0.15, -0.1) is 0 Å². The molecule has 0 atom stereocenters. The lowest BCUT2D eigenvalue weighted by Crippen LogP contribution is -2.04. The smallest absolute Gasteiger partial charge is 0.167 e. The van der Waals surface area contributed by atoms with E-state index < -0.39 is 0 Å². The second-order valence-corrected chi connectivity index (χ2v) is 5.57. The van der Waals surface area contributed by atoms with Gasteiger partial charge in [-0.05, 0) is 58.2 Å². The van der Waals surface area contributed by atoms with Crippen molar-refractivity contribution < 1.29 is 13.9 Å². The predicted molar refractivity (Wildman–Crippen MR) is 84.4 cm³/mol. The molecular weight excluding hydrogens is 335 g/mol. The first-order valence-electron chi connectivity index (χ1n) is 6.80. The lowest BCUT2D eigenvalue weighted by Gasteiger charge is -2.08. The first-order valence-corrected chi connectivity index (χ1v) is 7.59. The van der Waals surface area contributed by atoms with E-state index >= 15 is 0 Å². The third kappa shape index (κ3) is 4.39.